The minimum Gasteiger partial charge on any atom is -0.454 e. The summed E-state index contributed by atoms with van der Waals surface area (Å²) < 4.78 is 11.1. The number of hydrogen-bond donors (Lipinski definition) is 0. The molecule has 4 aromatic carbocycles. The number of benzene rings is 4. The van der Waals surface area contributed by atoms with Crippen LogP contribution in [0.25, 0.3) is 33.4 Å². The van der Waals surface area contributed by atoms with Gasteiger partial charge in [-0.2, -0.15) is 0 Å². The zero-order chi connectivity index (χ0) is 18.9. The van der Waals surface area contributed by atoms with Crippen LogP contribution in [0, 0.1) is 6.92 Å². The van der Waals surface area contributed by atoms with E-state index in [9.17, 15) is 0 Å². The lowest BCUT2D eigenvalue weighted by Gasteiger charge is -2.14. The van der Waals surface area contributed by atoms with Crippen LogP contribution in [-0.2, 0) is 0 Å². The maximum atomic E-state index is 5.61. The summed E-state index contributed by atoms with van der Waals surface area (Å²) in [6.07, 6.45) is 0. The second-order valence-corrected chi connectivity index (χ2v) is 7.06. The average Bonchev–Trinajstić information content (AvgIpc) is 3.22. The molecule has 0 radical (unpaired) electrons. The zero-order valence-electron chi connectivity index (χ0n) is 15.7. The number of hydrogen-bond acceptors (Lipinski definition) is 2. The third-order valence-corrected chi connectivity index (χ3v) is 5.17. The smallest absolute Gasteiger partial charge is 0.231 e. The lowest BCUT2D eigenvalue weighted by atomic mass is 9.91. The Balaban J connectivity index is 1.69. The van der Waals surface area contributed by atoms with E-state index >= 15 is 0 Å². The molecule has 5 rings (SSSR count). The first-order valence-electron chi connectivity index (χ1n) is 9.44. The second-order valence-electron chi connectivity index (χ2n) is 7.06. The highest BCUT2D eigenvalue weighted by Crippen LogP contribution is 2.40. The molecule has 1 aliphatic heterocycles. The molecule has 0 atom stereocenters. The molecule has 0 saturated carbocycles. The Hall–Kier alpha value is -3.52. The van der Waals surface area contributed by atoms with E-state index in [1.165, 1.54) is 33.4 Å². The molecule has 0 spiro atoms. The van der Waals surface area contributed by atoms with Crippen molar-refractivity contribution in [2.24, 2.45) is 0 Å². The summed E-state index contributed by atoms with van der Waals surface area (Å²) in [5, 5.41) is 0. The molecule has 0 fully saturated rings. The Morgan fingerprint density at radius 3 is 2.07 bits per heavy atom. The first-order chi connectivity index (χ1) is 13.8. The molecule has 136 valence electrons. The predicted molar refractivity (Wildman–Crippen MR) is 114 cm³/mol. The number of fused-ring (bicyclic) bond motifs is 1. The van der Waals surface area contributed by atoms with Crippen LogP contribution >= 0.6 is 0 Å². The molecule has 0 aromatic heterocycles. The highest BCUT2D eigenvalue weighted by atomic mass is 16.7. The van der Waals surface area contributed by atoms with Gasteiger partial charge in [-0.25, -0.2) is 0 Å². The average molecular weight is 364 g/mol. The molecule has 2 nitrogen and oxygen atoms in total. The van der Waals surface area contributed by atoms with Crippen molar-refractivity contribution in [3.8, 4) is 44.9 Å². The molecule has 0 bridgehead atoms. The first kappa shape index (κ1) is 16.6. The minimum atomic E-state index is 0.285. The standard InChI is InChI=1S/C26H20O2/c1-18-7-9-19(10-8-18)21-11-13-23(20-5-3-2-4-6-20)24(15-21)22-12-14-25-26(16-22)28-17-27-25/h2-16H,17H2,1H3. The Kier molecular flexibility index (Phi) is 4.10. The van der Waals surface area contributed by atoms with Crippen LogP contribution in [0.4, 0.5) is 0 Å². The van der Waals surface area contributed by atoms with E-state index in [-0.39, 0.29) is 6.79 Å². The van der Waals surface area contributed by atoms with Crippen molar-refractivity contribution in [2.75, 3.05) is 6.79 Å². The fraction of sp³-hybridized carbons (Fsp3) is 0.0769. The lowest BCUT2D eigenvalue weighted by molar-refractivity contribution is 0.174. The van der Waals surface area contributed by atoms with Gasteiger partial charge in [-0.05, 0) is 58.5 Å². The van der Waals surface area contributed by atoms with E-state index in [1.54, 1.807) is 0 Å². The van der Waals surface area contributed by atoms with E-state index in [0.717, 1.165) is 17.1 Å². The van der Waals surface area contributed by atoms with E-state index in [2.05, 4.69) is 85.8 Å². The van der Waals surface area contributed by atoms with Gasteiger partial charge in [-0.15, -0.1) is 0 Å². The molecule has 1 aliphatic rings. The molecular formula is C26H20O2. The van der Waals surface area contributed by atoms with Gasteiger partial charge in [0, 0.05) is 0 Å². The maximum Gasteiger partial charge on any atom is 0.231 e. The van der Waals surface area contributed by atoms with E-state index in [4.69, 9.17) is 9.47 Å². The predicted octanol–water partition coefficient (Wildman–Crippen LogP) is 6.72. The molecule has 0 amide bonds. The molecule has 0 unspecified atom stereocenters. The summed E-state index contributed by atoms with van der Waals surface area (Å²) in [5.74, 6) is 1.61. The summed E-state index contributed by atoms with van der Waals surface area (Å²) >= 11 is 0. The quantitative estimate of drug-likeness (QED) is 0.401. The normalized spacial score (nSPS) is 12.2. The summed E-state index contributed by atoms with van der Waals surface area (Å²) in [7, 11) is 0. The van der Waals surface area contributed by atoms with Gasteiger partial charge in [0.25, 0.3) is 0 Å². The van der Waals surface area contributed by atoms with Gasteiger partial charge in [0.15, 0.2) is 11.5 Å². The van der Waals surface area contributed by atoms with Crippen molar-refractivity contribution in [3.05, 3.63) is 96.6 Å². The Labute approximate surface area is 165 Å². The van der Waals surface area contributed by atoms with Crippen molar-refractivity contribution in [2.45, 2.75) is 6.92 Å². The number of ether oxygens (including phenoxy) is 2. The van der Waals surface area contributed by atoms with Crippen molar-refractivity contribution >= 4 is 0 Å². The van der Waals surface area contributed by atoms with Gasteiger partial charge in [-0.1, -0.05) is 78.4 Å². The van der Waals surface area contributed by atoms with Gasteiger partial charge < -0.3 is 9.47 Å². The van der Waals surface area contributed by atoms with Gasteiger partial charge in [0.2, 0.25) is 6.79 Å². The van der Waals surface area contributed by atoms with Crippen LogP contribution < -0.4 is 9.47 Å². The summed E-state index contributed by atoms with van der Waals surface area (Å²) in [5.41, 5.74) is 8.39. The maximum absolute atomic E-state index is 5.61. The van der Waals surface area contributed by atoms with Crippen LogP contribution in [0.3, 0.4) is 0 Å². The minimum absolute atomic E-state index is 0.285. The van der Waals surface area contributed by atoms with Gasteiger partial charge in [-0.3, -0.25) is 0 Å². The van der Waals surface area contributed by atoms with E-state index in [1.807, 2.05) is 12.1 Å². The molecule has 0 aliphatic carbocycles. The molecule has 28 heavy (non-hydrogen) atoms. The van der Waals surface area contributed by atoms with Gasteiger partial charge in [0.05, 0.1) is 0 Å². The summed E-state index contributed by atoms with van der Waals surface area (Å²) in [6, 6.07) is 32.0. The molecule has 0 N–H and O–H groups in total. The summed E-state index contributed by atoms with van der Waals surface area (Å²) in [4.78, 5) is 0. The lowest BCUT2D eigenvalue weighted by Crippen LogP contribution is -1.92. The van der Waals surface area contributed by atoms with E-state index in [0.29, 0.717) is 0 Å². The molecule has 0 saturated heterocycles. The SMILES string of the molecule is Cc1ccc(-c2ccc(-c3ccccc3)c(-c3ccc4c(c3)OCO4)c2)cc1. The molecule has 2 heteroatoms. The number of rotatable bonds is 3. The Morgan fingerprint density at radius 2 is 1.25 bits per heavy atom. The van der Waals surface area contributed by atoms with Gasteiger partial charge in [0.1, 0.15) is 0 Å². The first-order valence-corrected chi connectivity index (χ1v) is 9.44. The highest BCUT2D eigenvalue weighted by Gasteiger charge is 2.16. The van der Waals surface area contributed by atoms with E-state index < -0.39 is 0 Å². The van der Waals surface area contributed by atoms with Crippen molar-refractivity contribution in [3.63, 3.8) is 0 Å². The van der Waals surface area contributed by atoms with Crippen molar-refractivity contribution in [1.82, 2.24) is 0 Å². The van der Waals surface area contributed by atoms with Crippen molar-refractivity contribution < 1.29 is 9.47 Å². The van der Waals surface area contributed by atoms with Crippen LogP contribution in [0.5, 0.6) is 11.5 Å². The Bertz CT molecular complexity index is 1130. The second kappa shape index (κ2) is 6.90. The Morgan fingerprint density at radius 1 is 0.536 bits per heavy atom. The fourth-order valence-electron chi connectivity index (χ4n) is 3.64. The topological polar surface area (TPSA) is 18.5 Å². The zero-order valence-corrected chi connectivity index (χ0v) is 15.7. The van der Waals surface area contributed by atoms with Crippen LogP contribution in [0.15, 0.2) is 91.0 Å². The molecular weight excluding hydrogens is 344 g/mol. The highest BCUT2D eigenvalue weighted by molar-refractivity contribution is 5.87. The van der Waals surface area contributed by atoms with Crippen molar-refractivity contribution in [1.29, 1.82) is 0 Å². The molecule has 4 aromatic rings. The largest absolute Gasteiger partial charge is 0.454 e. The van der Waals surface area contributed by atoms with Crippen LogP contribution in [0.2, 0.25) is 0 Å². The van der Waals surface area contributed by atoms with Crippen LogP contribution in [-0.4, -0.2) is 6.79 Å². The third kappa shape index (κ3) is 3.03. The fourth-order valence-corrected chi connectivity index (χ4v) is 3.64. The monoisotopic (exact) mass is 364 g/mol. The van der Waals surface area contributed by atoms with Gasteiger partial charge >= 0.3 is 0 Å². The third-order valence-electron chi connectivity index (χ3n) is 5.17. The molecule has 1 heterocycles. The van der Waals surface area contributed by atoms with Crippen LogP contribution in [0.1, 0.15) is 5.56 Å². The number of aryl methyl sites for hydroxylation is 1. The summed E-state index contributed by atoms with van der Waals surface area (Å²) in [6.45, 7) is 2.40.